The summed E-state index contributed by atoms with van der Waals surface area (Å²) >= 11 is 0. The average Bonchev–Trinajstić information content (AvgIpc) is 2.55. The maximum absolute atomic E-state index is 5.54. The van der Waals surface area contributed by atoms with Gasteiger partial charge in [0, 0.05) is 25.4 Å². The molecule has 0 saturated carbocycles. The van der Waals surface area contributed by atoms with Crippen LogP contribution < -0.4 is 14.8 Å². The standard InChI is InChI=1S/C18H23NO3/c1-3-21-18-6-4-5-16(13-18)19-14-15-7-9-17(10-8-15)22-12-11-20-2/h4-10,13,19H,3,11-12,14H2,1-2H3. The van der Waals surface area contributed by atoms with Gasteiger partial charge in [-0.2, -0.15) is 0 Å². The summed E-state index contributed by atoms with van der Waals surface area (Å²) in [6.45, 7) is 4.58. The lowest BCUT2D eigenvalue weighted by Gasteiger charge is -2.10. The van der Waals surface area contributed by atoms with Gasteiger partial charge in [-0.25, -0.2) is 0 Å². The summed E-state index contributed by atoms with van der Waals surface area (Å²) in [5.41, 5.74) is 2.24. The number of methoxy groups -OCH3 is 1. The van der Waals surface area contributed by atoms with Gasteiger partial charge in [0.05, 0.1) is 13.2 Å². The normalized spacial score (nSPS) is 10.3. The molecule has 2 aromatic carbocycles. The van der Waals surface area contributed by atoms with Crippen molar-refractivity contribution >= 4 is 5.69 Å². The fourth-order valence-electron chi connectivity index (χ4n) is 2.01. The average molecular weight is 301 g/mol. The summed E-state index contributed by atoms with van der Waals surface area (Å²) in [4.78, 5) is 0. The lowest BCUT2D eigenvalue weighted by molar-refractivity contribution is 0.146. The first-order chi connectivity index (χ1) is 10.8. The Morgan fingerprint density at radius 3 is 2.45 bits per heavy atom. The fourth-order valence-corrected chi connectivity index (χ4v) is 2.01. The Morgan fingerprint density at radius 2 is 1.73 bits per heavy atom. The largest absolute Gasteiger partial charge is 0.494 e. The van der Waals surface area contributed by atoms with Crippen LogP contribution in [-0.2, 0) is 11.3 Å². The van der Waals surface area contributed by atoms with Crippen LogP contribution in [0.5, 0.6) is 11.5 Å². The molecule has 0 spiro atoms. The molecule has 0 fully saturated rings. The molecule has 2 aromatic rings. The van der Waals surface area contributed by atoms with Gasteiger partial charge in [0.25, 0.3) is 0 Å². The molecule has 0 saturated heterocycles. The molecular weight excluding hydrogens is 278 g/mol. The molecule has 0 amide bonds. The molecule has 4 heteroatoms. The third-order valence-electron chi connectivity index (χ3n) is 3.12. The molecular formula is C18H23NO3. The van der Waals surface area contributed by atoms with Crippen LogP contribution in [-0.4, -0.2) is 26.9 Å². The van der Waals surface area contributed by atoms with Crippen molar-refractivity contribution in [2.45, 2.75) is 13.5 Å². The molecule has 1 N–H and O–H groups in total. The van der Waals surface area contributed by atoms with Crippen LogP contribution in [0.2, 0.25) is 0 Å². The second kappa shape index (κ2) is 8.95. The van der Waals surface area contributed by atoms with Crippen LogP contribution >= 0.6 is 0 Å². The summed E-state index contributed by atoms with van der Waals surface area (Å²) in [5.74, 6) is 1.74. The summed E-state index contributed by atoms with van der Waals surface area (Å²) < 4.78 is 16.0. The molecule has 0 aromatic heterocycles. The van der Waals surface area contributed by atoms with Crippen molar-refractivity contribution in [1.82, 2.24) is 0 Å². The van der Waals surface area contributed by atoms with E-state index in [1.54, 1.807) is 7.11 Å². The van der Waals surface area contributed by atoms with Crippen molar-refractivity contribution in [3.05, 3.63) is 54.1 Å². The van der Waals surface area contributed by atoms with Crippen molar-refractivity contribution in [1.29, 1.82) is 0 Å². The molecule has 0 unspecified atom stereocenters. The van der Waals surface area contributed by atoms with Crippen LogP contribution in [0.3, 0.4) is 0 Å². The van der Waals surface area contributed by atoms with Gasteiger partial charge in [0.1, 0.15) is 18.1 Å². The Balaban J connectivity index is 1.84. The Labute approximate surface area is 132 Å². The lowest BCUT2D eigenvalue weighted by Crippen LogP contribution is -2.04. The highest BCUT2D eigenvalue weighted by Gasteiger charge is 1.98. The van der Waals surface area contributed by atoms with E-state index in [9.17, 15) is 0 Å². The number of hydrogen-bond donors (Lipinski definition) is 1. The van der Waals surface area contributed by atoms with Crippen molar-refractivity contribution in [3.8, 4) is 11.5 Å². The zero-order chi connectivity index (χ0) is 15.6. The topological polar surface area (TPSA) is 39.7 Å². The Kier molecular flexibility index (Phi) is 6.58. The monoisotopic (exact) mass is 301 g/mol. The summed E-state index contributed by atoms with van der Waals surface area (Å²) in [6, 6.07) is 16.0. The van der Waals surface area contributed by atoms with E-state index in [1.165, 1.54) is 5.56 Å². The van der Waals surface area contributed by atoms with Crippen molar-refractivity contribution in [2.75, 3.05) is 32.2 Å². The van der Waals surface area contributed by atoms with E-state index >= 15 is 0 Å². The number of hydrogen-bond acceptors (Lipinski definition) is 4. The lowest BCUT2D eigenvalue weighted by atomic mass is 10.2. The van der Waals surface area contributed by atoms with Crippen molar-refractivity contribution < 1.29 is 14.2 Å². The van der Waals surface area contributed by atoms with Gasteiger partial charge in [-0.1, -0.05) is 18.2 Å². The van der Waals surface area contributed by atoms with E-state index < -0.39 is 0 Å². The molecule has 0 bridgehead atoms. The summed E-state index contributed by atoms with van der Waals surface area (Å²) in [6.07, 6.45) is 0. The van der Waals surface area contributed by atoms with Gasteiger partial charge < -0.3 is 19.5 Å². The first-order valence-corrected chi connectivity index (χ1v) is 7.49. The number of rotatable bonds is 9. The summed E-state index contributed by atoms with van der Waals surface area (Å²) in [5, 5.41) is 3.39. The number of anilines is 1. The quantitative estimate of drug-likeness (QED) is 0.717. The van der Waals surface area contributed by atoms with E-state index in [0.717, 1.165) is 23.7 Å². The second-order valence-corrected chi connectivity index (χ2v) is 4.80. The van der Waals surface area contributed by atoms with E-state index in [0.29, 0.717) is 19.8 Å². The third kappa shape index (κ3) is 5.30. The first kappa shape index (κ1) is 16.2. The van der Waals surface area contributed by atoms with Crippen LogP contribution in [0.4, 0.5) is 5.69 Å². The van der Waals surface area contributed by atoms with E-state index in [4.69, 9.17) is 14.2 Å². The van der Waals surface area contributed by atoms with Crippen LogP contribution in [0.15, 0.2) is 48.5 Å². The number of nitrogens with one attached hydrogen (secondary N) is 1. The van der Waals surface area contributed by atoms with Gasteiger partial charge in [0.15, 0.2) is 0 Å². The number of benzene rings is 2. The molecule has 0 aliphatic rings. The third-order valence-corrected chi connectivity index (χ3v) is 3.12. The van der Waals surface area contributed by atoms with Gasteiger partial charge in [-0.3, -0.25) is 0 Å². The molecule has 0 radical (unpaired) electrons. The van der Waals surface area contributed by atoms with Gasteiger partial charge in [-0.05, 0) is 36.8 Å². The molecule has 22 heavy (non-hydrogen) atoms. The molecule has 0 heterocycles. The second-order valence-electron chi connectivity index (χ2n) is 4.80. The van der Waals surface area contributed by atoms with Gasteiger partial charge >= 0.3 is 0 Å². The van der Waals surface area contributed by atoms with Crippen LogP contribution in [0.25, 0.3) is 0 Å². The Morgan fingerprint density at radius 1 is 0.909 bits per heavy atom. The molecule has 4 nitrogen and oxygen atoms in total. The predicted molar refractivity (Wildman–Crippen MR) is 88.8 cm³/mol. The molecule has 0 aliphatic carbocycles. The Bertz CT molecular complexity index is 555. The molecule has 0 atom stereocenters. The molecule has 0 aliphatic heterocycles. The van der Waals surface area contributed by atoms with Gasteiger partial charge in [-0.15, -0.1) is 0 Å². The zero-order valence-corrected chi connectivity index (χ0v) is 13.2. The molecule has 118 valence electrons. The molecule has 2 rings (SSSR count). The van der Waals surface area contributed by atoms with Gasteiger partial charge in [0.2, 0.25) is 0 Å². The highest BCUT2D eigenvalue weighted by molar-refractivity contribution is 5.48. The fraction of sp³-hybridized carbons (Fsp3) is 0.333. The maximum atomic E-state index is 5.54. The van der Waals surface area contributed by atoms with E-state index in [1.807, 2.05) is 43.3 Å². The van der Waals surface area contributed by atoms with E-state index in [2.05, 4.69) is 17.4 Å². The first-order valence-electron chi connectivity index (χ1n) is 7.49. The highest BCUT2D eigenvalue weighted by Crippen LogP contribution is 2.18. The maximum Gasteiger partial charge on any atom is 0.121 e. The van der Waals surface area contributed by atoms with Crippen LogP contribution in [0, 0.1) is 0 Å². The zero-order valence-electron chi connectivity index (χ0n) is 13.2. The predicted octanol–water partition coefficient (Wildman–Crippen LogP) is 3.72. The smallest absolute Gasteiger partial charge is 0.121 e. The number of ether oxygens (including phenoxy) is 3. The minimum Gasteiger partial charge on any atom is -0.494 e. The Hall–Kier alpha value is -2.20. The highest BCUT2D eigenvalue weighted by atomic mass is 16.5. The van der Waals surface area contributed by atoms with E-state index in [-0.39, 0.29) is 0 Å². The summed E-state index contributed by atoms with van der Waals surface area (Å²) in [7, 11) is 1.67. The van der Waals surface area contributed by atoms with Crippen molar-refractivity contribution in [3.63, 3.8) is 0 Å². The SMILES string of the molecule is CCOc1cccc(NCc2ccc(OCCOC)cc2)c1. The minimum absolute atomic E-state index is 0.568. The van der Waals surface area contributed by atoms with Crippen molar-refractivity contribution in [2.24, 2.45) is 0 Å². The minimum atomic E-state index is 0.568. The van der Waals surface area contributed by atoms with Crippen LogP contribution in [0.1, 0.15) is 12.5 Å².